The Morgan fingerprint density at radius 3 is 2.91 bits per heavy atom. The van der Waals surface area contributed by atoms with Crippen molar-refractivity contribution in [2.24, 2.45) is 0 Å². The Bertz CT molecular complexity index is 710. The average molecular weight is 332 g/mol. The smallest absolute Gasteiger partial charge is 0.322 e. The van der Waals surface area contributed by atoms with Crippen molar-refractivity contribution in [1.82, 2.24) is 9.47 Å². The van der Waals surface area contributed by atoms with Gasteiger partial charge < -0.3 is 14.8 Å². The summed E-state index contributed by atoms with van der Waals surface area (Å²) in [5.74, 6) is 0. The lowest BCUT2D eigenvalue weighted by Crippen LogP contribution is -2.44. The van der Waals surface area contributed by atoms with E-state index in [1.807, 2.05) is 30.0 Å². The molecule has 0 spiro atoms. The van der Waals surface area contributed by atoms with E-state index in [1.165, 1.54) is 5.69 Å². The van der Waals surface area contributed by atoms with Crippen molar-refractivity contribution in [3.63, 3.8) is 0 Å². The minimum absolute atomic E-state index is 0.0818. The van der Waals surface area contributed by atoms with Gasteiger partial charge in [-0.15, -0.1) is 0 Å². The molecule has 0 aliphatic carbocycles. The SMILES string of the molecule is CCC[C@H]1c2cccn2CCN1C(=O)Nc1ccc(C)cc1Cl. The standard InChI is InChI=1S/C18H22ClN3O/c1-3-5-17-16-6-4-9-21(16)10-11-22(17)18(23)20-15-8-7-13(2)12-14(15)19/h4,6-9,12,17H,3,5,10-11H2,1-2H3,(H,20,23)/t17-/m0/s1. The van der Waals surface area contributed by atoms with Crippen LogP contribution in [0.5, 0.6) is 0 Å². The summed E-state index contributed by atoms with van der Waals surface area (Å²) in [6.07, 6.45) is 4.08. The maximum Gasteiger partial charge on any atom is 0.322 e. The minimum Gasteiger partial charge on any atom is -0.348 e. The van der Waals surface area contributed by atoms with Gasteiger partial charge >= 0.3 is 6.03 Å². The van der Waals surface area contributed by atoms with Gasteiger partial charge in [-0.3, -0.25) is 0 Å². The summed E-state index contributed by atoms with van der Waals surface area (Å²) in [4.78, 5) is 14.7. The van der Waals surface area contributed by atoms with Crippen molar-refractivity contribution >= 4 is 23.3 Å². The van der Waals surface area contributed by atoms with Gasteiger partial charge in [0, 0.05) is 25.0 Å². The summed E-state index contributed by atoms with van der Waals surface area (Å²) in [5, 5.41) is 3.54. The fourth-order valence-corrected chi connectivity index (χ4v) is 3.48. The van der Waals surface area contributed by atoms with Crippen LogP contribution in [-0.2, 0) is 6.54 Å². The average Bonchev–Trinajstić information content (AvgIpc) is 2.99. The number of carbonyl (C=O) groups is 1. The van der Waals surface area contributed by atoms with E-state index in [2.05, 4.69) is 35.1 Å². The molecule has 2 heterocycles. The molecule has 1 aromatic heterocycles. The number of aryl methyl sites for hydroxylation is 1. The lowest BCUT2D eigenvalue weighted by molar-refractivity contribution is 0.163. The molecule has 23 heavy (non-hydrogen) atoms. The van der Waals surface area contributed by atoms with E-state index in [1.54, 1.807) is 0 Å². The van der Waals surface area contributed by atoms with Crippen LogP contribution in [0, 0.1) is 6.92 Å². The third kappa shape index (κ3) is 3.22. The number of anilines is 1. The third-order valence-corrected chi connectivity index (χ3v) is 4.67. The van der Waals surface area contributed by atoms with E-state index in [0.717, 1.165) is 24.9 Å². The number of hydrogen-bond acceptors (Lipinski definition) is 1. The molecule has 0 unspecified atom stereocenters. The van der Waals surface area contributed by atoms with E-state index >= 15 is 0 Å². The fourth-order valence-electron chi connectivity index (χ4n) is 3.19. The monoisotopic (exact) mass is 331 g/mol. The van der Waals surface area contributed by atoms with E-state index in [9.17, 15) is 4.79 Å². The second-order valence-electron chi connectivity index (χ2n) is 6.04. The maximum absolute atomic E-state index is 12.8. The molecular weight excluding hydrogens is 310 g/mol. The first kappa shape index (κ1) is 15.9. The number of urea groups is 1. The minimum atomic E-state index is -0.0818. The maximum atomic E-state index is 12.8. The molecule has 1 aliphatic heterocycles. The van der Waals surface area contributed by atoms with E-state index in [0.29, 0.717) is 17.3 Å². The van der Waals surface area contributed by atoms with Gasteiger partial charge in [-0.2, -0.15) is 0 Å². The first-order valence-electron chi connectivity index (χ1n) is 8.09. The van der Waals surface area contributed by atoms with Gasteiger partial charge in [0.05, 0.1) is 16.8 Å². The zero-order valence-electron chi connectivity index (χ0n) is 13.6. The number of amides is 2. The van der Waals surface area contributed by atoms with Gasteiger partial charge in [0.15, 0.2) is 0 Å². The molecule has 122 valence electrons. The molecule has 3 rings (SSSR count). The zero-order chi connectivity index (χ0) is 16.4. The van der Waals surface area contributed by atoms with Gasteiger partial charge in [-0.1, -0.05) is 31.0 Å². The summed E-state index contributed by atoms with van der Waals surface area (Å²) in [6, 6.07) is 9.87. The van der Waals surface area contributed by atoms with Gasteiger partial charge in [0.2, 0.25) is 0 Å². The van der Waals surface area contributed by atoms with Gasteiger partial charge in [-0.05, 0) is 43.2 Å². The molecule has 4 nitrogen and oxygen atoms in total. The molecule has 1 aliphatic rings. The van der Waals surface area contributed by atoms with Gasteiger partial charge in [0.1, 0.15) is 0 Å². The summed E-state index contributed by atoms with van der Waals surface area (Å²) in [6.45, 7) is 5.67. The van der Waals surface area contributed by atoms with Crippen LogP contribution in [-0.4, -0.2) is 22.0 Å². The lowest BCUT2D eigenvalue weighted by Gasteiger charge is -2.37. The van der Waals surface area contributed by atoms with Crippen molar-refractivity contribution in [3.8, 4) is 0 Å². The largest absolute Gasteiger partial charge is 0.348 e. The lowest BCUT2D eigenvalue weighted by atomic mass is 10.0. The number of nitrogens with zero attached hydrogens (tertiary/aromatic N) is 2. The molecule has 2 amide bonds. The Kier molecular flexibility index (Phi) is 4.62. The predicted molar refractivity (Wildman–Crippen MR) is 94.0 cm³/mol. The van der Waals surface area contributed by atoms with Crippen LogP contribution in [0.1, 0.15) is 37.1 Å². The van der Waals surface area contributed by atoms with Crippen molar-refractivity contribution in [1.29, 1.82) is 0 Å². The number of nitrogens with one attached hydrogen (secondary N) is 1. The van der Waals surface area contributed by atoms with Crippen molar-refractivity contribution in [3.05, 3.63) is 52.8 Å². The van der Waals surface area contributed by atoms with Gasteiger partial charge in [0.25, 0.3) is 0 Å². The Morgan fingerprint density at radius 2 is 2.17 bits per heavy atom. The van der Waals surface area contributed by atoms with Crippen LogP contribution < -0.4 is 5.32 Å². The molecule has 0 bridgehead atoms. The fraction of sp³-hybridized carbons (Fsp3) is 0.389. The van der Waals surface area contributed by atoms with E-state index in [4.69, 9.17) is 11.6 Å². The quantitative estimate of drug-likeness (QED) is 0.858. The highest BCUT2D eigenvalue weighted by atomic mass is 35.5. The number of benzene rings is 1. The summed E-state index contributed by atoms with van der Waals surface area (Å²) in [7, 11) is 0. The highest BCUT2D eigenvalue weighted by Crippen LogP contribution is 2.31. The van der Waals surface area contributed by atoms with Crippen molar-refractivity contribution in [2.75, 3.05) is 11.9 Å². The molecule has 1 N–H and O–H groups in total. The van der Waals surface area contributed by atoms with Crippen molar-refractivity contribution < 1.29 is 4.79 Å². The highest BCUT2D eigenvalue weighted by Gasteiger charge is 2.30. The first-order valence-corrected chi connectivity index (χ1v) is 8.46. The van der Waals surface area contributed by atoms with Crippen LogP contribution in [0.2, 0.25) is 5.02 Å². The molecule has 0 radical (unpaired) electrons. The molecule has 0 saturated heterocycles. The number of halogens is 1. The van der Waals surface area contributed by atoms with Crippen LogP contribution in [0.15, 0.2) is 36.5 Å². The van der Waals surface area contributed by atoms with Gasteiger partial charge in [-0.25, -0.2) is 4.79 Å². The number of aromatic nitrogens is 1. The molecule has 1 aromatic carbocycles. The summed E-state index contributed by atoms with van der Waals surface area (Å²) >= 11 is 6.24. The first-order chi connectivity index (χ1) is 11.1. The summed E-state index contributed by atoms with van der Waals surface area (Å²) < 4.78 is 2.24. The highest BCUT2D eigenvalue weighted by molar-refractivity contribution is 6.33. The number of carbonyl (C=O) groups excluding carboxylic acids is 1. The Balaban J connectivity index is 1.81. The molecule has 1 atom stereocenters. The van der Waals surface area contributed by atoms with Crippen molar-refractivity contribution in [2.45, 2.75) is 39.3 Å². The Morgan fingerprint density at radius 1 is 1.35 bits per heavy atom. The van der Waals surface area contributed by atoms with E-state index < -0.39 is 0 Å². The zero-order valence-corrected chi connectivity index (χ0v) is 14.3. The van der Waals surface area contributed by atoms with Crippen LogP contribution in [0.4, 0.5) is 10.5 Å². The predicted octanol–water partition coefficient (Wildman–Crippen LogP) is 4.84. The number of rotatable bonds is 3. The Hall–Kier alpha value is -1.94. The van der Waals surface area contributed by atoms with E-state index in [-0.39, 0.29) is 12.1 Å². The molecule has 5 heteroatoms. The number of fused-ring (bicyclic) bond motifs is 1. The second kappa shape index (κ2) is 6.67. The Labute approximate surface area is 142 Å². The molecule has 0 saturated carbocycles. The van der Waals surface area contributed by atoms with Crippen LogP contribution in [0.3, 0.4) is 0 Å². The summed E-state index contributed by atoms with van der Waals surface area (Å²) in [5.41, 5.74) is 2.95. The molecule has 0 fully saturated rings. The van der Waals surface area contributed by atoms with Crippen LogP contribution >= 0.6 is 11.6 Å². The molecule has 2 aromatic rings. The normalized spacial score (nSPS) is 17.0. The number of hydrogen-bond donors (Lipinski definition) is 1. The second-order valence-corrected chi connectivity index (χ2v) is 6.44. The topological polar surface area (TPSA) is 37.3 Å². The molecular formula is C18H22ClN3O. The van der Waals surface area contributed by atoms with Crippen LogP contribution in [0.25, 0.3) is 0 Å². The third-order valence-electron chi connectivity index (χ3n) is 4.35.